The first-order chi connectivity index (χ1) is 11.5. The Morgan fingerprint density at radius 3 is 2.42 bits per heavy atom. The van der Waals surface area contributed by atoms with Gasteiger partial charge in [0.2, 0.25) is 0 Å². The van der Waals surface area contributed by atoms with Gasteiger partial charge in [0, 0.05) is 43.2 Å². The number of amides is 1. The fraction of sp³-hybridized carbons (Fsp3) is 0.611. The lowest BCUT2D eigenvalue weighted by Gasteiger charge is -2.31. The van der Waals surface area contributed by atoms with Gasteiger partial charge in [-0.05, 0) is 43.9 Å². The van der Waals surface area contributed by atoms with Crippen LogP contribution in [0.5, 0.6) is 0 Å². The predicted molar refractivity (Wildman–Crippen MR) is 96.3 cm³/mol. The normalized spacial score (nSPS) is 19.7. The minimum absolute atomic E-state index is 0.0170. The molecule has 0 aromatic heterocycles. The molecule has 0 N–H and O–H groups in total. The van der Waals surface area contributed by atoms with E-state index < -0.39 is 9.84 Å². The third kappa shape index (κ3) is 3.58. The zero-order chi connectivity index (χ0) is 17.2. The number of carbonyl (C=O) groups is 1. The van der Waals surface area contributed by atoms with Crippen molar-refractivity contribution in [2.24, 2.45) is 0 Å². The minimum Gasteiger partial charge on any atom is -0.372 e. The molecule has 1 aromatic carbocycles. The molecule has 5 nitrogen and oxygen atoms in total. The average Bonchev–Trinajstić information content (AvgIpc) is 3.16. The van der Waals surface area contributed by atoms with Gasteiger partial charge in [-0.25, -0.2) is 8.42 Å². The average molecular weight is 350 g/mol. The van der Waals surface area contributed by atoms with E-state index in [1.165, 1.54) is 12.8 Å². The maximum absolute atomic E-state index is 12.8. The number of piperidine rings is 1. The maximum atomic E-state index is 12.8. The van der Waals surface area contributed by atoms with Crippen molar-refractivity contribution in [1.82, 2.24) is 4.90 Å². The molecule has 6 heteroatoms. The number of likely N-dealkylation sites (tertiary alicyclic amines) is 1. The standard InChI is InChI=1S/C18H26N2O3S/c1-2-24(22,23)17-8-12-20(13-9-17)18(21)15-6-5-7-16(14-15)19-10-3-4-11-19/h5-7,14,17H,2-4,8-13H2,1H3. The number of carbonyl (C=O) groups excluding carboxylic acids is 1. The smallest absolute Gasteiger partial charge is 0.253 e. The second-order valence-corrected chi connectivity index (χ2v) is 9.26. The molecule has 0 unspecified atom stereocenters. The van der Waals surface area contributed by atoms with Crippen LogP contribution in [0.15, 0.2) is 24.3 Å². The van der Waals surface area contributed by atoms with Gasteiger partial charge in [0.25, 0.3) is 5.91 Å². The summed E-state index contributed by atoms with van der Waals surface area (Å²) < 4.78 is 24.0. The fourth-order valence-corrected chi connectivity index (χ4v) is 5.05. The van der Waals surface area contributed by atoms with Crippen molar-refractivity contribution in [3.8, 4) is 0 Å². The van der Waals surface area contributed by atoms with Gasteiger partial charge in [0.15, 0.2) is 9.84 Å². The van der Waals surface area contributed by atoms with Crippen molar-refractivity contribution in [3.63, 3.8) is 0 Å². The Balaban J connectivity index is 1.66. The topological polar surface area (TPSA) is 57.7 Å². The van der Waals surface area contributed by atoms with E-state index in [-0.39, 0.29) is 16.9 Å². The third-order valence-electron chi connectivity index (χ3n) is 5.20. The Hall–Kier alpha value is -1.56. The van der Waals surface area contributed by atoms with E-state index in [0.717, 1.165) is 18.8 Å². The van der Waals surface area contributed by atoms with E-state index in [4.69, 9.17) is 0 Å². The highest BCUT2D eigenvalue weighted by molar-refractivity contribution is 7.92. The number of hydrogen-bond donors (Lipinski definition) is 0. The number of hydrogen-bond acceptors (Lipinski definition) is 4. The molecule has 24 heavy (non-hydrogen) atoms. The number of sulfone groups is 1. The second-order valence-electron chi connectivity index (χ2n) is 6.69. The Morgan fingerprint density at radius 2 is 1.79 bits per heavy atom. The molecule has 0 aliphatic carbocycles. The van der Waals surface area contributed by atoms with Gasteiger partial charge >= 0.3 is 0 Å². The molecule has 0 saturated carbocycles. The van der Waals surface area contributed by atoms with Crippen LogP contribution in [0.25, 0.3) is 0 Å². The van der Waals surface area contributed by atoms with Gasteiger partial charge in [0.05, 0.1) is 5.25 Å². The Bertz CT molecular complexity index is 688. The molecule has 2 aliphatic heterocycles. The highest BCUT2D eigenvalue weighted by Gasteiger charge is 2.30. The fourth-order valence-electron chi connectivity index (χ4n) is 3.65. The first-order valence-corrected chi connectivity index (χ1v) is 10.6. The van der Waals surface area contributed by atoms with E-state index in [1.54, 1.807) is 11.8 Å². The molecule has 2 fully saturated rings. The van der Waals surface area contributed by atoms with Gasteiger partial charge in [0.1, 0.15) is 0 Å². The first kappa shape index (κ1) is 17.3. The zero-order valence-electron chi connectivity index (χ0n) is 14.3. The van der Waals surface area contributed by atoms with Crippen molar-refractivity contribution >= 4 is 21.4 Å². The molecule has 0 atom stereocenters. The van der Waals surface area contributed by atoms with Crippen LogP contribution < -0.4 is 4.90 Å². The van der Waals surface area contributed by atoms with E-state index in [0.29, 0.717) is 31.5 Å². The van der Waals surface area contributed by atoms with Crippen LogP contribution in [0.3, 0.4) is 0 Å². The molecule has 1 aromatic rings. The molecule has 2 saturated heterocycles. The highest BCUT2D eigenvalue weighted by Crippen LogP contribution is 2.24. The summed E-state index contributed by atoms with van der Waals surface area (Å²) >= 11 is 0. The van der Waals surface area contributed by atoms with Crippen LogP contribution >= 0.6 is 0 Å². The summed E-state index contributed by atoms with van der Waals surface area (Å²) in [6.07, 6.45) is 3.51. The SMILES string of the molecule is CCS(=O)(=O)C1CCN(C(=O)c2cccc(N3CCCC3)c2)CC1. The van der Waals surface area contributed by atoms with Crippen molar-refractivity contribution in [2.45, 2.75) is 37.9 Å². The van der Waals surface area contributed by atoms with Gasteiger partial charge in [-0.15, -0.1) is 0 Å². The lowest BCUT2D eigenvalue weighted by molar-refractivity contribution is 0.0725. The molecule has 132 valence electrons. The molecule has 2 aliphatic rings. The van der Waals surface area contributed by atoms with Crippen LogP contribution in [0.2, 0.25) is 0 Å². The Morgan fingerprint density at radius 1 is 1.12 bits per heavy atom. The molecule has 3 rings (SSSR count). The molecule has 0 spiro atoms. The summed E-state index contributed by atoms with van der Waals surface area (Å²) in [5.74, 6) is 0.201. The highest BCUT2D eigenvalue weighted by atomic mass is 32.2. The third-order valence-corrected chi connectivity index (χ3v) is 7.50. The summed E-state index contributed by atoms with van der Waals surface area (Å²) in [5, 5.41) is -0.289. The quantitative estimate of drug-likeness (QED) is 0.836. The monoisotopic (exact) mass is 350 g/mol. The van der Waals surface area contributed by atoms with Crippen molar-refractivity contribution in [2.75, 3.05) is 36.8 Å². The lowest BCUT2D eigenvalue weighted by Crippen LogP contribution is -2.42. The van der Waals surface area contributed by atoms with Gasteiger partial charge in [-0.2, -0.15) is 0 Å². The van der Waals surface area contributed by atoms with Crippen LogP contribution in [0.1, 0.15) is 43.0 Å². The zero-order valence-corrected chi connectivity index (χ0v) is 15.1. The van der Waals surface area contributed by atoms with Crippen LogP contribution in [-0.2, 0) is 9.84 Å². The first-order valence-electron chi connectivity index (χ1n) is 8.87. The van der Waals surface area contributed by atoms with Crippen LogP contribution in [-0.4, -0.2) is 56.4 Å². The number of nitrogens with zero attached hydrogens (tertiary/aromatic N) is 2. The molecular formula is C18H26N2O3S. The van der Waals surface area contributed by atoms with E-state index in [1.807, 2.05) is 18.2 Å². The van der Waals surface area contributed by atoms with E-state index in [9.17, 15) is 13.2 Å². The maximum Gasteiger partial charge on any atom is 0.253 e. The van der Waals surface area contributed by atoms with Crippen LogP contribution in [0, 0.1) is 0 Å². The van der Waals surface area contributed by atoms with E-state index in [2.05, 4.69) is 11.0 Å². The summed E-state index contributed by atoms with van der Waals surface area (Å²) in [7, 11) is -3.00. The molecular weight excluding hydrogens is 324 g/mol. The lowest BCUT2D eigenvalue weighted by atomic mass is 10.1. The van der Waals surface area contributed by atoms with Crippen molar-refractivity contribution in [1.29, 1.82) is 0 Å². The van der Waals surface area contributed by atoms with Crippen LogP contribution in [0.4, 0.5) is 5.69 Å². The van der Waals surface area contributed by atoms with Gasteiger partial charge in [-0.3, -0.25) is 4.79 Å². The number of anilines is 1. The predicted octanol–water partition coefficient (Wildman–Crippen LogP) is 2.33. The Kier molecular flexibility index (Phi) is 5.13. The molecule has 2 heterocycles. The molecule has 1 amide bonds. The minimum atomic E-state index is -3.00. The largest absolute Gasteiger partial charge is 0.372 e. The second kappa shape index (κ2) is 7.13. The summed E-state index contributed by atoms with van der Waals surface area (Å²) in [5.41, 5.74) is 1.82. The number of rotatable bonds is 4. The van der Waals surface area contributed by atoms with E-state index >= 15 is 0 Å². The Labute approximate surface area is 144 Å². The summed E-state index contributed by atoms with van der Waals surface area (Å²) in [6.45, 7) is 4.85. The van der Waals surface area contributed by atoms with Gasteiger partial charge in [-0.1, -0.05) is 13.0 Å². The molecule has 0 bridgehead atoms. The molecule has 0 radical (unpaired) electrons. The van der Waals surface area contributed by atoms with Crippen molar-refractivity contribution < 1.29 is 13.2 Å². The van der Waals surface area contributed by atoms with Gasteiger partial charge < -0.3 is 9.80 Å². The summed E-state index contributed by atoms with van der Waals surface area (Å²) in [4.78, 5) is 16.9. The van der Waals surface area contributed by atoms with Crippen molar-refractivity contribution in [3.05, 3.63) is 29.8 Å². The summed E-state index contributed by atoms with van der Waals surface area (Å²) in [6, 6.07) is 7.83. The number of benzene rings is 1.